The Morgan fingerprint density at radius 2 is 2.21 bits per heavy atom. The number of rotatable bonds is 3. The molecule has 0 saturated heterocycles. The van der Waals surface area contributed by atoms with E-state index in [1.807, 2.05) is 0 Å². The molecular weight excluding hydrogens is 304 g/mol. The predicted molar refractivity (Wildman–Crippen MR) is 81.6 cm³/mol. The lowest BCUT2D eigenvalue weighted by atomic mass is 10.0. The summed E-state index contributed by atoms with van der Waals surface area (Å²) in [7, 11) is 0. The Kier molecular flexibility index (Phi) is 3.11. The van der Waals surface area contributed by atoms with Crippen LogP contribution in [0.2, 0.25) is 0 Å². The largest absolute Gasteiger partial charge is 0.330 e. The van der Waals surface area contributed by atoms with Gasteiger partial charge in [-0.05, 0) is 46.1 Å². The van der Waals surface area contributed by atoms with Crippen LogP contribution >= 0.6 is 15.9 Å². The second-order valence-corrected chi connectivity index (χ2v) is 5.86. The number of halogens is 1. The number of hydrogen-bond donors (Lipinski definition) is 2. The van der Waals surface area contributed by atoms with Gasteiger partial charge in [-0.3, -0.25) is 4.40 Å². The van der Waals surface area contributed by atoms with Crippen molar-refractivity contribution in [1.82, 2.24) is 14.4 Å². The highest BCUT2D eigenvalue weighted by molar-refractivity contribution is 9.10. The zero-order chi connectivity index (χ0) is 13.6. The van der Waals surface area contributed by atoms with Crippen LogP contribution in [0, 0.1) is 0 Å². The van der Waals surface area contributed by atoms with Crippen LogP contribution in [0.4, 0.5) is 0 Å². The van der Waals surface area contributed by atoms with E-state index in [0.717, 1.165) is 33.5 Å². The van der Waals surface area contributed by atoms with Gasteiger partial charge in [0.25, 0.3) is 0 Å². The Balaban J connectivity index is 2.28. The lowest BCUT2D eigenvalue weighted by Crippen LogP contribution is -2.03. The second-order valence-electron chi connectivity index (χ2n) is 5.11. The fraction of sp³-hybridized carbons (Fsp3) is 0.357. The number of benzene rings is 1. The summed E-state index contributed by atoms with van der Waals surface area (Å²) in [6.45, 7) is 5.02. The van der Waals surface area contributed by atoms with Crippen molar-refractivity contribution >= 4 is 32.7 Å². The van der Waals surface area contributed by atoms with Gasteiger partial charge >= 0.3 is 0 Å². The van der Waals surface area contributed by atoms with Crippen LogP contribution < -0.4 is 5.73 Å². The van der Waals surface area contributed by atoms with Gasteiger partial charge in [0, 0.05) is 6.42 Å². The van der Waals surface area contributed by atoms with Crippen LogP contribution in [0.5, 0.6) is 0 Å². The molecule has 0 unspecified atom stereocenters. The van der Waals surface area contributed by atoms with E-state index >= 15 is 0 Å². The van der Waals surface area contributed by atoms with E-state index in [2.05, 4.69) is 62.3 Å². The number of nitrogens with one attached hydrogen (secondary N) is 1. The third-order valence-corrected chi connectivity index (χ3v) is 4.28. The zero-order valence-electron chi connectivity index (χ0n) is 11.1. The Morgan fingerprint density at radius 3 is 2.89 bits per heavy atom. The molecule has 100 valence electrons. The molecule has 3 N–H and O–H groups in total. The molecule has 0 spiro atoms. The Hall–Kier alpha value is -1.33. The molecular formula is C14H17BrN4. The topological polar surface area (TPSA) is 59.1 Å². The molecule has 4 nitrogen and oxygen atoms in total. The van der Waals surface area contributed by atoms with Crippen molar-refractivity contribution in [1.29, 1.82) is 0 Å². The zero-order valence-corrected chi connectivity index (χ0v) is 12.7. The fourth-order valence-corrected chi connectivity index (χ4v) is 3.02. The second kappa shape index (κ2) is 4.65. The van der Waals surface area contributed by atoms with Gasteiger partial charge in [-0.15, -0.1) is 0 Å². The third-order valence-electron chi connectivity index (χ3n) is 3.45. The molecule has 0 fully saturated rings. The van der Waals surface area contributed by atoms with Crippen molar-refractivity contribution in [3.8, 4) is 0 Å². The van der Waals surface area contributed by atoms with Crippen LogP contribution in [-0.2, 0) is 6.42 Å². The van der Waals surface area contributed by atoms with Crippen molar-refractivity contribution in [3.05, 3.63) is 34.1 Å². The average molecular weight is 321 g/mol. The molecule has 19 heavy (non-hydrogen) atoms. The van der Waals surface area contributed by atoms with E-state index in [9.17, 15) is 0 Å². The van der Waals surface area contributed by atoms with Gasteiger partial charge in [-0.25, -0.2) is 4.98 Å². The lowest BCUT2D eigenvalue weighted by molar-refractivity contribution is 0.868. The molecule has 5 heteroatoms. The van der Waals surface area contributed by atoms with E-state index in [0.29, 0.717) is 12.5 Å². The summed E-state index contributed by atoms with van der Waals surface area (Å²) in [5, 5.41) is 0. The Bertz CT molecular complexity index is 739. The van der Waals surface area contributed by atoms with Crippen molar-refractivity contribution in [2.45, 2.75) is 26.2 Å². The number of H-pyrrole nitrogens is 1. The molecule has 0 amide bonds. The highest BCUT2D eigenvalue weighted by atomic mass is 79.9. The van der Waals surface area contributed by atoms with Gasteiger partial charge in [-0.1, -0.05) is 19.9 Å². The van der Waals surface area contributed by atoms with E-state index < -0.39 is 0 Å². The number of nitrogens with two attached hydrogens (primary N) is 1. The van der Waals surface area contributed by atoms with Gasteiger partial charge < -0.3 is 10.7 Å². The summed E-state index contributed by atoms with van der Waals surface area (Å²) in [5.41, 5.74) is 10.2. The number of nitrogens with zero attached hydrogens (tertiary/aromatic N) is 2. The number of imidazole rings is 2. The molecule has 0 atom stereocenters. The van der Waals surface area contributed by atoms with Gasteiger partial charge in [0.2, 0.25) is 5.78 Å². The van der Waals surface area contributed by atoms with Crippen LogP contribution in [-0.4, -0.2) is 20.9 Å². The SMILES string of the molecule is CC(C)c1ccc2nc3[nH]c(CCN)c(Br)n3c2c1. The van der Waals surface area contributed by atoms with E-state index in [1.165, 1.54) is 5.56 Å². The minimum atomic E-state index is 0.510. The average Bonchev–Trinajstić information content (AvgIpc) is 2.87. The number of fused-ring (bicyclic) bond motifs is 3. The summed E-state index contributed by atoms with van der Waals surface area (Å²) in [6, 6.07) is 6.44. The van der Waals surface area contributed by atoms with Crippen molar-refractivity contribution in [2.75, 3.05) is 6.54 Å². The predicted octanol–water partition coefficient (Wildman–Crippen LogP) is 3.20. The molecule has 3 aromatic rings. The molecule has 2 heterocycles. The van der Waals surface area contributed by atoms with Crippen molar-refractivity contribution in [3.63, 3.8) is 0 Å². The maximum absolute atomic E-state index is 5.63. The van der Waals surface area contributed by atoms with Crippen LogP contribution in [0.15, 0.2) is 22.8 Å². The minimum absolute atomic E-state index is 0.510. The molecule has 0 radical (unpaired) electrons. The van der Waals surface area contributed by atoms with E-state index in [1.54, 1.807) is 0 Å². The summed E-state index contributed by atoms with van der Waals surface area (Å²) in [6.07, 6.45) is 0.815. The summed E-state index contributed by atoms with van der Waals surface area (Å²) in [5.74, 6) is 1.38. The molecule has 0 bridgehead atoms. The quantitative estimate of drug-likeness (QED) is 0.778. The summed E-state index contributed by atoms with van der Waals surface area (Å²) in [4.78, 5) is 7.94. The van der Waals surface area contributed by atoms with Crippen molar-refractivity contribution in [2.24, 2.45) is 5.73 Å². The monoisotopic (exact) mass is 320 g/mol. The maximum atomic E-state index is 5.63. The number of aromatic amines is 1. The van der Waals surface area contributed by atoms with Gasteiger partial charge in [0.1, 0.15) is 4.60 Å². The smallest absolute Gasteiger partial charge is 0.213 e. The van der Waals surface area contributed by atoms with Crippen LogP contribution in [0.25, 0.3) is 16.8 Å². The van der Waals surface area contributed by atoms with Crippen LogP contribution in [0.3, 0.4) is 0 Å². The Morgan fingerprint density at radius 1 is 1.42 bits per heavy atom. The first-order chi connectivity index (χ1) is 9.11. The highest BCUT2D eigenvalue weighted by Gasteiger charge is 2.14. The van der Waals surface area contributed by atoms with Gasteiger partial charge in [0.15, 0.2) is 0 Å². The molecule has 0 aliphatic carbocycles. The standard InChI is InChI=1S/C14H17BrN4/c1-8(2)9-3-4-10-12(7-9)19-13(15)11(5-6-16)18-14(19)17-10/h3-4,7-8H,5-6,16H2,1-2H3,(H,17,18). The maximum Gasteiger partial charge on any atom is 0.213 e. The first-order valence-corrected chi connectivity index (χ1v) is 7.29. The van der Waals surface area contributed by atoms with Crippen molar-refractivity contribution < 1.29 is 0 Å². The normalized spacial score (nSPS) is 12.1. The van der Waals surface area contributed by atoms with Gasteiger partial charge in [0.05, 0.1) is 16.7 Å². The van der Waals surface area contributed by atoms with Crippen LogP contribution in [0.1, 0.15) is 31.0 Å². The molecule has 2 aromatic heterocycles. The molecule has 0 aliphatic rings. The summed E-state index contributed by atoms with van der Waals surface area (Å²) >= 11 is 3.65. The van der Waals surface area contributed by atoms with E-state index in [4.69, 9.17) is 5.73 Å². The molecule has 1 aromatic carbocycles. The molecule has 0 saturated carbocycles. The number of hydrogen-bond acceptors (Lipinski definition) is 2. The first kappa shape index (κ1) is 12.7. The molecule has 3 rings (SSSR count). The Labute approximate surface area is 120 Å². The summed E-state index contributed by atoms with van der Waals surface area (Å²) < 4.78 is 3.14. The third kappa shape index (κ3) is 1.97. The lowest BCUT2D eigenvalue weighted by Gasteiger charge is -2.05. The van der Waals surface area contributed by atoms with E-state index in [-0.39, 0.29) is 0 Å². The number of aromatic nitrogens is 3. The molecule has 0 aliphatic heterocycles. The van der Waals surface area contributed by atoms with Gasteiger partial charge in [-0.2, -0.15) is 0 Å². The highest BCUT2D eigenvalue weighted by Crippen LogP contribution is 2.27. The first-order valence-electron chi connectivity index (χ1n) is 6.50. The minimum Gasteiger partial charge on any atom is -0.330 e. The fourth-order valence-electron chi connectivity index (χ4n) is 2.37.